The van der Waals surface area contributed by atoms with Gasteiger partial charge >= 0.3 is 6.18 Å². The SMILES string of the molecule is CN1CCC2(CC1)Cc1cccc(C(F)(F)F)c1C2N. The zero-order chi connectivity index (χ0) is 14.5. The second-order valence-electron chi connectivity index (χ2n) is 6.20. The molecule has 5 heteroatoms. The maximum atomic E-state index is 13.2. The summed E-state index contributed by atoms with van der Waals surface area (Å²) in [6.45, 7) is 1.81. The highest BCUT2D eigenvalue weighted by Gasteiger charge is 2.49. The minimum Gasteiger partial charge on any atom is -0.323 e. The summed E-state index contributed by atoms with van der Waals surface area (Å²) < 4.78 is 39.5. The van der Waals surface area contributed by atoms with E-state index >= 15 is 0 Å². The highest BCUT2D eigenvalue weighted by molar-refractivity contribution is 5.45. The van der Waals surface area contributed by atoms with Crippen LogP contribution >= 0.6 is 0 Å². The molecule has 1 fully saturated rings. The van der Waals surface area contributed by atoms with E-state index in [-0.39, 0.29) is 5.41 Å². The molecular formula is C15H19F3N2. The van der Waals surface area contributed by atoms with Crippen LogP contribution in [0.3, 0.4) is 0 Å². The number of halogens is 3. The number of piperidine rings is 1. The fraction of sp³-hybridized carbons (Fsp3) is 0.600. The third-order valence-electron chi connectivity index (χ3n) is 5.00. The molecule has 0 aromatic heterocycles. The molecule has 1 spiro atoms. The summed E-state index contributed by atoms with van der Waals surface area (Å²) >= 11 is 0. The normalized spacial score (nSPS) is 25.9. The van der Waals surface area contributed by atoms with E-state index in [9.17, 15) is 13.2 Å². The van der Waals surface area contributed by atoms with Gasteiger partial charge in [0.05, 0.1) is 5.56 Å². The van der Waals surface area contributed by atoms with Crippen LogP contribution in [0, 0.1) is 5.41 Å². The van der Waals surface area contributed by atoms with E-state index < -0.39 is 17.8 Å². The number of likely N-dealkylation sites (tertiary alicyclic amines) is 1. The average molecular weight is 284 g/mol. The molecular weight excluding hydrogens is 265 g/mol. The van der Waals surface area contributed by atoms with Crippen molar-refractivity contribution in [2.45, 2.75) is 31.5 Å². The molecule has 1 heterocycles. The Kier molecular flexibility index (Phi) is 3.10. The van der Waals surface area contributed by atoms with Crippen LogP contribution in [0.4, 0.5) is 13.2 Å². The summed E-state index contributed by atoms with van der Waals surface area (Å²) in [7, 11) is 2.04. The first-order valence-electron chi connectivity index (χ1n) is 6.97. The van der Waals surface area contributed by atoms with Crippen molar-refractivity contribution in [2.75, 3.05) is 20.1 Å². The van der Waals surface area contributed by atoms with Crippen molar-refractivity contribution in [3.05, 3.63) is 34.9 Å². The van der Waals surface area contributed by atoms with E-state index in [1.54, 1.807) is 6.07 Å². The Morgan fingerprint density at radius 1 is 1.25 bits per heavy atom. The molecule has 1 aliphatic carbocycles. The van der Waals surface area contributed by atoms with Crippen molar-refractivity contribution in [3.63, 3.8) is 0 Å². The fourth-order valence-electron chi connectivity index (χ4n) is 3.73. The molecule has 0 radical (unpaired) electrons. The third-order valence-corrected chi connectivity index (χ3v) is 5.00. The number of benzene rings is 1. The smallest absolute Gasteiger partial charge is 0.323 e. The number of fused-ring (bicyclic) bond motifs is 1. The van der Waals surface area contributed by atoms with Crippen LogP contribution in [-0.2, 0) is 12.6 Å². The molecule has 1 atom stereocenters. The van der Waals surface area contributed by atoms with E-state index in [0.29, 0.717) is 12.0 Å². The first-order valence-corrected chi connectivity index (χ1v) is 6.97. The number of hydrogen-bond donors (Lipinski definition) is 1. The Morgan fingerprint density at radius 2 is 1.90 bits per heavy atom. The van der Waals surface area contributed by atoms with E-state index in [2.05, 4.69) is 4.90 Å². The van der Waals surface area contributed by atoms with Crippen LogP contribution in [0.1, 0.15) is 35.6 Å². The molecule has 1 unspecified atom stereocenters. The summed E-state index contributed by atoms with van der Waals surface area (Å²) in [5, 5.41) is 0. The largest absolute Gasteiger partial charge is 0.416 e. The molecule has 0 amide bonds. The van der Waals surface area contributed by atoms with Crippen molar-refractivity contribution in [3.8, 4) is 0 Å². The Hall–Kier alpha value is -1.07. The number of alkyl halides is 3. The minimum atomic E-state index is -4.32. The highest BCUT2D eigenvalue weighted by Crippen LogP contribution is 2.53. The van der Waals surface area contributed by atoms with E-state index in [4.69, 9.17) is 5.73 Å². The topological polar surface area (TPSA) is 29.3 Å². The summed E-state index contributed by atoms with van der Waals surface area (Å²) in [4.78, 5) is 2.21. The molecule has 2 aliphatic rings. The van der Waals surface area contributed by atoms with Gasteiger partial charge in [0.1, 0.15) is 0 Å². The van der Waals surface area contributed by atoms with Gasteiger partial charge in [0.25, 0.3) is 0 Å². The van der Waals surface area contributed by atoms with Crippen molar-refractivity contribution in [1.29, 1.82) is 0 Å². The van der Waals surface area contributed by atoms with Crippen molar-refractivity contribution in [1.82, 2.24) is 4.90 Å². The van der Waals surface area contributed by atoms with E-state index in [1.807, 2.05) is 7.05 Å². The van der Waals surface area contributed by atoms with Crippen LogP contribution < -0.4 is 5.73 Å². The average Bonchev–Trinajstić information content (AvgIpc) is 2.66. The van der Waals surface area contributed by atoms with Gasteiger partial charge < -0.3 is 10.6 Å². The number of nitrogens with zero attached hydrogens (tertiary/aromatic N) is 1. The molecule has 0 saturated carbocycles. The van der Waals surface area contributed by atoms with Gasteiger partial charge in [-0.25, -0.2) is 0 Å². The Morgan fingerprint density at radius 3 is 2.50 bits per heavy atom. The van der Waals surface area contributed by atoms with Gasteiger partial charge in [0, 0.05) is 6.04 Å². The van der Waals surface area contributed by atoms with E-state index in [0.717, 1.165) is 37.6 Å². The second kappa shape index (κ2) is 4.46. The lowest BCUT2D eigenvalue weighted by Crippen LogP contribution is -2.43. The predicted molar refractivity (Wildman–Crippen MR) is 71.2 cm³/mol. The van der Waals surface area contributed by atoms with Gasteiger partial charge in [-0.1, -0.05) is 12.1 Å². The maximum absolute atomic E-state index is 13.2. The first kappa shape index (κ1) is 13.9. The van der Waals surface area contributed by atoms with E-state index in [1.165, 1.54) is 6.07 Å². The van der Waals surface area contributed by atoms with Gasteiger partial charge in [0.2, 0.25) is 0 Å². The molecule has 1 aromatic rings. The Balaban J connectivity index is 2.01. The Bertz CT molecular complexity index is 516. The van der Waals surface area contributed by atoms with Crippen molar-refractivity contribution < 1.29 is 13.2 Å². The molecule has 20 heavy (non-hydrogen) atoms. The molecule has 3 rings (SSSR count). The summed E-state index contributed by atoms with van der Waals surface area (Å²) in [5.41, 5.74) is 6.68. The van der Waals surface area contributed by atoms with Crippen LogP contribution in [-0.4, -0.2) is 25.0 Å². The summed E-state index contributed by atoms with van der Waals surface area (Å²) in [6.07, 6.45) is -1.89. The van der Waals surface area contributed by atoms with Crippen molar-refractivity contribution >= 4 is 0 Å². The van der Waals surface area contributed by atoms with Crippen LogP contribution in [0.2, 0.25) is 0 Å². The first-order chi connectivity index (χ1) is 9.33. The van der Waals surface area contributed by atoms with Gasteiger partial charge in [-0.15, -0.1) is 0 Å². The second-order valence-corrected chi connectivity index (χ2v) is 6.20. The number of hydrogen-bond acceptors (Lipinski definition) is 2. The summed E-state index contributed by atoms with van der Waals surface area (Å²) in [6, 6.07) is 3.97. The van der Waals surface area contributed by atoms with Crippen LogP contribution in [0.15, 0.2) is 18.2 Å². The lowest BCUT2D eigenvalue weighted by Gasteiger charge is -2.41. The van der Waals surface area contributed by atoms with Gasteiger partial charge in [-0.2, -0.15) is 13.2 Å². The quantitative estimate of drug-likeness (QED) is 0.793. The number of rotatable bonds is 0. The molecule has 110 valence electrons. The lowest BCUT2D eigenvalue weighted by molar-refractivity contribution is -0.138. The monoisotopic (exact) mass is 284 g/mol. The zero-order valence-electron chi connectivity index (χ0n) is 11.5. The molecule has 0 bridgehead atoms. The predicted octanol–water partition coefficient (Wildman–Crippen LogP) is 2.97. The van der Waals surface area contributed by atoms with Gasteiger partial charge in [0.15, 0.2) is 0 Å². The maximum Gasteiger partial charge on any atom is 0.416 e. The Labute approximate surface area is 116 Å². The van der Waals surface area contributed by atoms with Crippen LogP contribution in [0.25, 0.3) is 0 Å². The third kappa shape index (κ3) is 2.04. The molecule has 2 N–H and O–H groups in total. The zero-order valence-corrected chi connectivity index (χ0v) is 11.5. The standard InChI is InChI=1S/C15H19F3N2/c1-20-7-5-14(6-8-20)9-10-3-2-4-11(15(16,17)18)12(10)13(14)19/h2-4,13H,5-9,19H2,1H3. The molecule has 1 aliphatic heterocycles. The molecule has 1 aromatic carbocycles. The molecule has 1 saturated heterocycles. The van der Waals surface area contributed by atoms with Gasteiger partial charge in [-0.3, -0.25) is 0 Å². The molecule has 2 nitrogen and oxygen atoms in total. The fourth-order valence-corrected chi connectivity index (χ4v) is 3.73. The summed E-state index contributed by atoms with van der Waals surface area (Å²) in [5.74, 6) is 0. The lowest BCUT2D eigenvalue weighted by atomic mass is 9.73. The van der Waals surface area contributed by atoms with Gasteiger partial charge in [-0.05, 0) is 62.0 Å². The highest BCUT2D eigenvalue weighted by atomic mass is 19.4. The van der Waals surface area contributed by atoms with Crippen molar-refractivity contribution in [2.24, 2.45) is 11.1 Å². The van der Waals surface area contributed by atoms with Crippen LogP contribution in [0.5, 0.6) is 0 Å². The minimum absolute atomic E-state index is 0.184. The number of nitrogens with two attached hydrogens (primary N) is 1.